The number of benzene rings is 1. The van der Waals surface area contributed by atoms with Crippen LogP contribution in [0.25, 0.3) is 0 Å². The van der Waals surface area contributed by atoms with Crippen LogP contribution in [0.15, 0.2) is 24.3 Å². The van der Waals surface area contributed by atoms with Gasteiger partial charge in [0.25, 0.3) is 0 Å². The van der Waals surface area contributed by atoms with Crippen LogP contribution < -0.4 is 5.32 Å². The summed E-state index contributed by atoms with van der Waals surface area (Å²) in [6.45, 7) is 3.95. The maximum atomic E-state index is 11.3. The summed E-state index contributed by atoms with van der Waals surface area (Å²) in [5.41, 5.74) is 2.21. The van der Waals surface area contributed by atoms with Crippen LogP contribution in [-0.4, -0.2) is 48.3 Å². The number of ether oxygens (including phenoxy) is 1. The Morgan fingerprint density at radius 3 is 2.48 bits per heavy atom. The first-order chi connectivity index (χ1) is 11.1. The van der Waals surface area contributed by atoms with Crippen LogP contribution in [0.4, 0.5) is 10.5 Å². The topological polar surface area (TPSA) is 78.9 Å². The lowest BCUT2D eigenvalue weighted by atomic mass is 9.89. The van der Waals surface area contributed by atoms with E-state index in [2.05, 4.69) is 17.4 Å². The third-order valence-electron chi connectivity index (χ3n) is 4.11. The number of rotatable bonds is 6. The lowest BCUT2D eigenvalue weighted by Crippen LogP contribution is -2.36. The summed E-state index contributed by atoms with van der Waals surface area (Å²) in [4.78, 5) is 23.7. The average molecular weight is 320 g/mol. The zero-order valence-corrected chi connectivity index (χ0v) is 13.5. The van der Waals surface area contributed by atoms with Crippen molar-refractivity contribution in [3.63, 3.8) is 0 Å². The number of carboxylic acid groups (broad SMARTS) is 1. The summed E-state index contributed by atoms with van der Waals surface area (Å²) in [6.07, 6.45) is 1.25. The van der Waals surface area contributed by atoms with Gasteiger partial charge in [-0.2, -0.15) is 0 Å². The number of anilines is 1. The zero-order valence-electron chi connectivity index (χ0n) is 13.5. The summed E-state index contributed by atoms with van der Waals surface area (Å²) in [5, 5.41) is 12.2. The minimum absolute atomic E-state index is 0.193. The van der Waals surface area contributed by atoms with E-state index < -0.39 is 6.09 Å². The number of hydrogen-bond acceptors (Lipinski definition) is 4. The first kappa shape index (κ1) is 17.1. The number of carbonyl (C=O) groups excluding carboxylic acids is 1. The van der Waals surface area contributed by atoms with Crippen molar-refractivity contribution in [1.29, 1.82) is 0 Å². The summed E-state index contributed by atoms with van der Waals surface area (Å²) >= 11 is 0. The predicted octanol–water partition coefficient (Wildman–Crippen LogP) is 2.91. The highest BCUT2D eigenvalue weighted by molar-refractivity contribution is 5.70. The minimum Gasteiger partial charge on any atom is -0.466 e. The molecular formula is C17H24N2O4. The minimum atomic E-state index is -0.829. The summed E-state index contributed by atoms with van der Waals surface area (Å²) < 4.78 is 4.88. The molecule has 2 rings (SSSR count). The Hall–Kier alpha value is -2.24. The Balaban J connectivity index is 1.78. The number of likely N-dealkylation sites (tertiary alicyclic amines) is 1. The van der Waals surface area contributed by atoms with Gasteiger partial charge in [0.2, 0.25) is 0 Å². The monoisotopic (exact) mass is 320 g/mol. The van der Waals surface area contributed by atoms with E-state index in [-0.39, 0.29) is 5.97 Å². The van der Waals surface area contributed by atoms with Crippen molar-refractivity contribution in [3.8, 4) is 0 Å². The van der Waals surface area contributed by atoms with Crippen molar-refractivity contribution in [2.45, 2.75) is 32.1 Å². The second-order valence-electron chi connectivity index (χ2n) is 5.65. The van der Waals surface area contributed by atoms with Gasteiger partial charge in [0.1, 0.15) is 0 Å². The van der Waals surface area contributed by atoms with Crippen LogP contribution in [0.3, 0.4) is 0 Å². The van der Waals surface area contributed by atoms with Gasteiger partial charge >= 0.3 is 12.1 Å². The fourth-order valence-corrected chi connectivity index (χ4v) is 2.82. The number of hydrogen-bond donors (Lipinski definition) is 2. The third kappa shape index (κ3) is 5.16. The molecule has 1 aromatic rings. The molecule has 6 nitrogen and oxygen atoms in total. The fraction of sp³-hybridized carbons (Fsp3) is 0.529. The van der Waals surface area contributed by atoms with Crippen molar-refractivity contribution in [2.75, 3.05) is 31.6 Å². The van der Waals surface area contributed by atoms with Crippen LogP contribution in [0.2, 0.25) is 0 Å². The quantitative estimate of drug-likeness (QED) is 0.788. The maximum Gasteiger partial charge on any atom is 0.407 e. The average Bonchev–Trinajstić information content (AvgIpc) is 2.56. The lowest BCUT2D eigenvalue weighted by Gasteiger charge is -2.30. The van der Waals surface area contributed by atoms with E-state index in [9.17, 15) is 9.59 Å². The molecule has 1 fully saturated rings. The van der Waals surface area contributed by atoms with Crippen molar-refractivity contribution in [2.24, 2.45) is 0 Å². The van der Waals surface area contributed by atoms with Gasteiger partial charge in [0.05, 0.1) is 13.0 Å². The molecule has 0 atom stereocenters. The Bertz CT molecular complexity index is 522. The molecule has 2 N–H and O–H groups in total. The van der Waals surface area contributed by atoms with Gasteiger partial charge in [-0.15, -0.1) is 0 Å². The van der Waals surface area contributed by atoms with E-state index in [1.807, 2.05) is 12.1 Å². The highest BCUT2D eigenvalue weighted by Gasteiger charge is 2.23. The van der Waals surface area contributed by atoms with E-state index >= 15 is 0 Å². The Labute approximate surface area is 136 Å². The van der Waals surface area contributed by atoms with E-state index in [0.29, 0.717) is 38.6 Å². The second-order valence-corrected chi connectivity index (χ2v) is 5.65. The van der Waals surface area contributed by atoms with Gasteiger partial charge in [-0.05, 0) is 43.4 Å². The number of esters is 1. The molecule has 0 radical (unpaired) electrons. The molecule has 1 saturated heterocycles. The smallest absolute Gasteiger partial charge is 0.407 e. The van der Waals surface area contributed by atoms with E-state index in [0.717, 1.165) is 18.5 Å². The molecule has 0 aromatic heterocycles. The van der Waals surface area contributed by atoms with Crippen LogP contribution in [0, 0.1) is 0 Å². The van der Waals surface area contributed by atoms with Crippen LogP contribution in [-0.2, 0) is 9.53 Å². The van der Waals surface area contributed by atoms with Crippen LogP contribution in [0.1, 0.15) is 37.7 Å². The zero-order chi connectivity index (χ0) is 16.7. The molecule has 1 aromatic carbocycles. The SMILES string of the molecule is CCOC(=O)CCNc1ccc(C2CCN(C(=O)O)CC2)cc1. The van der Waals surface area contributed by atoms with Gasteiger partial charge in [0.15, 0.2) is 0 Å². The Morgan fingerprint density at radius 1 is 1.26 bits per heavy atom. The number of amides is 1. The summed E-state index contributed by atoms with van der Waals surface area (Å²) in [6, 6.07) is 8.16. The maximum absolute atomic E-state index is 11.3. The van der Waals surface area contributed by atoms with Crippen molar-refractivity contribution >= 4 is 17.7 Å². The number of piperidine rings is 1. The molecule has 0 aliphatic carbocycles. The molecule has 0 saturated carbocycles. The number of nitrogens with zero attached hydrogens (tertiary/aromatic N) is 1. The second kappa shape index (κ2) is 8.41. The molecule has 1 aliphatic heterocycles. The largest absolute Gasteiger partial charge is 0.466 e. The van der Waals surface area contributed by atoms with Gasteiger partial charge in [-0.25, -0.2) is 4.79 Å². The predicted molar refractivity (Wildman–Crippen MR) is 87.8 cm³/mol. The molecule has 1 aliphatic rings. The molecule has 6 heteroatoms. The molecule has 1 amide bonds. The Morgan fingerprint density at radius 2 is 1.91 bits per heavy atom. The van der Waals surface area contributed by atoms with Gasteiger partial charge in [-0.1, -0.05) is 12.1 Å². The molecule has 0 spiro atoms. The fourth-order valence-electron chi connectivity index (χ4n) is 2.82. The molecular weight excluding hydrogens is 296 g/mol. The molecule has 126 valence electrons. The summed E-state index contributed by atoms with van der Waals surface area (Å²) in [7, 11) is 0. The highest BCUT2D eigenvalue weighted by atomic mass is 16.5. The van der Waals surface area contributed by atoms with E-state index in [1.165, 1.54) is 10.5 Å². The van der Waals surface area contributed by atoms with E-state index in [4.69, 9.17) is 9.84 Å². The van der Waals surface area contributed by atoms with Gasteiger partial charge in [-0.3, -0.25) is 4.79 Å². The molecule has 0 unspecified atom stereocenters. The molecule has 1 heterocycles. The normalized spacial score (nSPS) is 15.3. The Kier molecular flexibility index (Phi) is 6.26. The highest BCUT2D eigenvalue weighted by Crippen LogP contribution is 2.28. The summed E-state index contributed by atoms with van der Waals surface area (Å²) in [5.74, 6) is 0.223. The number of nitrogens with one attached hydrogen (secondary N) is 1. The van der Waals surface area contributed by atoms with E-state index in [1.54, 1.807) is 6.92 Å². The van der Waals surface area contributed by atoms with Gasteiger partial charge < -0.3 is 20.1 Å². The standard InChI is InChI=1S/C17H24N2O4/c1-2-23-16(20)7-10-18-15-5-3-13(4-6-15)14-8-11-19(12-9-14)17(21)22/h3-6,14,18H,2,7-12H2,1H3,(H,21,22). The lowest BCUT2D eigenvalue weighted by molar-refractivity contribution is -0.142. The molecule has 0 bridgehead atoms. The van der Waals surface area contributed by atoms with Crippen molar-refractivity contribution in [1.82, 2.24) is 4.90 Å². The van der Waals surface area contributed by atoms with Gasteiger partial charge in [0, 0.05) is 25.3 Å². The van der Waals surface area contributed by atoms with Crippen LogP contribution in [0.5, 0.6) is 0 Å². The first-order valence-corrected chi connectivity index (χ1v) is 8.07. The van der Waals surface area contributed by atoms with Crippen molar-refractivity contribution in [3.05, 3.63) is 29.8 Å². The molecule has 23 heavy (non-hydrogen) atoms. The third-order valence-corrected chi connectivity index (χ3v) is 4.11. The van der Waals surface area contributed by atoms with Crippen LogP contribution >= 0.6 is 0 Å². The number of carbonyl (C=O) groups is 2. The first-order valence-electron chi connectivity index (χ1n) is 8.07. The van der Waals surface area contributed by atoms with Crippen molar-refractivity contribution < 1.29 is 19.4 Å².